The molecule has 3 unspecified atom stereocenters. The number of likely N-dealkylation sites (tertiary alicyclic amines) is 1. The van der Waals surface area contributed by atoms with Gasteiger partial charge >= 0.3 is 5.97 Å². The number of nitrogens with one attached hydrogen (secondary N) is 1. The average Bonchev–Trinajstić information content (AvgIpc) is 2.74. The van der Waals surface area contributed by atoms with Crippen LogP contribution in [0.2, 0.25) is 0 Å². The topological polar surface area (TPSA) is 78.9 Å². The Morgan fingerprint density at radius 2 is 2.06 bits per heavy atom. The largest absolute Gasteiger partial charge is 0.508 e. The summed E-state index contributed by atoms with van der Waals surface area (Å²) < 4.78 is 4.93. The van der Waals surface area contributed by atoms with E-state index in [-0.39, 0.29) is 23.3 Å². The van der Waals surface area contributed by atoms with Gasteiger partial charge in [-0.1, -0.05) is 39.8 Å². The maximum absolute atomic E-state index is 12.4. The zero-order chi connectivity index (χ0) is 24.4. The van der Waals surface area contributed by atoms with E-state index >= 15 is 0 Å². The number of rotatable bonds is 12. The number of carbonyl (C=O) groups is 2. The molecule has 1 aliphatic heterocycles. The first-order valence-electron chi connectivity index (χ1n) is 12.6. The lowest BCUT2D eigenvalue weighted by atomic mass is 9.68. The van der Waals surface area contributed by atoms with Crippen molar-refractivity contribution in [2.24, 2.45) is 11.8 Å². The predicted molar refractivity (Wildman–Crippen MR) is 132 cm³/mol. The minimum Gasteiger partial charge on any atom is -0.508 e. The summed E-state index contributed by atoms with van der Waals surface area (Å²) in [6.45, 7) is 14.1. The first kappa shape index (κ1) is 27.2. The highest BCUT2D eigenvalue weighted by Gasteiger charge is 2.38. The molecule has 1 heterocycles. The Balaban J connectivity index is 1.84. The second kappa shape index (κ2) is 13.0. The quantitative estimate of drug-likeness (QED) is 0.444. The molecule has 3 atom stereocenters. The van der Waals surface area contributed by atoms with Gasteiger partial charge < -0.3 is 20.1 Å². The van der Waals surface area contributed by atoms with Gasteiger partial charge in [-0.2, -0.15) is 0 Å². The van der Waals surface area contributed by atoms with Crippen LogP contribution in [0.1, 0.15) is 78.7 Å². The lowest BCUT2D eigenvalue weighted by molar-refractivity contribution is -0.143. The summed E-state index contributed by atoms with van der Waals surface area (Å²) >= 11 is 0. The molecule has 1 aliphatic rings. The monoisotopic (exact) mass is 460 g/mol. The molecule has 1 saturated heterocycles. The van der Waals surface area contributed by atoms with E-state index in [4.69, 9.17) is 4.74 Å². The summed E-state index contributed by atoms with van der Waals surface area (Å²) in [7, 11) is 0. The minimum absolute atomic E-state index is 0.0217. The van der Waals surface area contributed by atoms with Crippen LogP contribution in [0.5, 0.6) is 5.75 Å². The number of benzene rings is 1. The van der Waals surface area contributed by atoms with Crippen molar-refractivity contribution in [1.29, 1.82) is 0 Å². The van der Waals surface area contributed by atoms with Gasteiger partial charge in [-0.15, -0.1) is 0 Å². The van der Waals surface area contributed by atoms with Crippen molar-refractivity contribution in [3.8, 4) is 5.75 Å². The van der Waals surface area contributed by atoms with E-state index in [9.17, 15) is 14.7 Å². The number of hydrogen-bond acceptors (Lipinski definition) is 5. The lowest BCUT2D eigenvalue weighted by Crippen LogP contribution is -2.48. The Hall–Kier alpha value is -2.08. The third-order valence-electron chi connectivity index (χ3n) is 7.08. The fourth-order valence-electron chi connectivity index (χ4n) is 4.89. The number of esters is 1. The van der Waals surface area contributed by atoms with E-state index in [0.717, 1.165) is 38.9 Å². The zero-order valence-electron chi connectivity index (χ0n) is 21.2. The molecular formula is C27H44N2O4. The summed E-state index contributed by atoms with van der Waals surface area (Å²) in [5.74, 6) is 1.09. The second-order valence-corrected chi connectivity index (χ2v) is 10.3. The number of hydrogen-bond donors (Lipinski definition) is 2. The second-order valence-electron chi connectivity index (χ2n) is 10.3. The molecule has 1 amide bonds. The zero-order valence-corrected chi connectivity index (χ0v) is 21.2. The van der Waals surface area contributed by atoms with Gasteiger partial charge in [-0.05, 0) is 74.1 Å². The summed E-state index contributed by atoms with van der Waals surface area (Å²) in [6, 6.07) is 7.84. The molecule has 6 heteroatoms. The van der Waals surface area contributed by atoms with E-state index < -0.39 is 0 Å². The minimum atomic E-state index is -0.235. The van der Waals surface area contributed by atoms with Crippen molar-refractivity contribution < 1.29 is 19.4 Å². The molecule has 1 aromatic rings. The van der Waals surface area contributed by atoms with Gasteiger partial charge in [0.05, 0.1) is 6.61 Å². The molecule has 1 aromatic carbocycles. The number of amides is 1. The fourth-order valence-corrected chi connectivity index (χ4v) is 4.89. The van der Waals surface area contributed by atoms with Crippen LogP contribution < -0.4 is 5.32 Å². The normalized spacial score (nSPS) is 22.2. The van der Waals surface area contributed by atoms with Gasteiger partial charge in [-0.3, -0.25) is 9.59 Å². The lowest BCUT2D eigenvalue weighted by Gasteiger charge is -2.45. The number of aromatic hydroxyl groups is 1. The molecule has 0 spiro atoms. The van der Waals surface area contributed by atoms with Crippen LogP contribution in [-0.4, -0.2) is 54.2 Å². The van der Waals surface area contributed by atoms with E-state index in [1.165, 1.54) is 5.56 Å². The molecule has 0 saturated carbocycles. The summed E-state index contributed by atoms with van der Waals surface area (Å²) in [5, 5.41) is 13.1. The molecule has 0 aliphatic carbocycles. The van der Waals surface area contributed by atoms with Gasteiger partial charge in [0.2, 0.25) is 5.91 Å². The first-order chi connectivity index (χ1) is 15.6. The predicted octanol–water partition coefficient (Wildman–Crippen LogP) is 4.65. The Bertz CT molecular complexity index is 766. The van der Waals surface area contributed by atoms with Gasteiger partial charge in [0, 0.05) is 32.0 Å². The number of ether oxygens (including phenoxy) is 1. The highest BCUT2D eigenvalue weighted by atomic mass is 16.5. The SMILES string of the molecule is CCOC(=O)CCCC(=O)NC(CCN1CCC(C)(c2cccc(O)c2)C(C)C1)CC(C)C. The van der Waals surface area contributed by atoms with E-state index in [0.29, 0.717) is 43.5 Å². The van der Waals surface area contributed by atoms with Crippen LogP contribution in [-0.2, 0) is 19.7 Å². The summed E-state index contributed by atoms with van der Waals surface area (Å²) in [6.07, 6.45) is 4.10. The van der Waals surface area contributed by atoms with Crippen molar-refractivity contribution in [3.05, 3.63) is 29.8 Å². The van der Waals surface area contributed by atoms with Gasteiger partial charge in [-0.25, -0.2) is 0 Å². The Kier molecular flexibility index (Phi) is 10.7. The van der Waals surface area contributed by atoms with Crippen molar-refractivity contribution in [2.45, 2.75) is 84.6 Å². The van der Waals surface area contributed by atoms with E-state index in [1.54, 1.807) is 13.0 Å². The molecule has 6 nitrogen and oxygen atoms in total. The van der Waals surface area contributed by atoms with E-state index in [2.05, 4.69) is 44.0 Å². The Morgan fingerprint density at radius 3 is 2.70 bits per heavy atom. The highest BCUT2D eigenvalue weighted by molar-refractivity contribution is 5.77. The van der Waals surface area contributed by atoms with Crippen LogP contribution in [0.4, 0.5) is 0 Å². The van der Waals surface area contributed by atoms with Crippen molar-refractivity contribution in [3.63, 3.8) is 0 Å². The van der Waals surface area contributed by atoms with Gasteiger partial charge in [0.15, 0.2) is 0 Å². The maximum Gasteiger partial charge on any atom is 0.305 e. The number of piperidine rings is 1. The number of nitrogens with zero attached hydrogens (tertiary/aromatic N) is 1. The van der Waals surface area contributed by atoms with Crippen LogP contribution >= 0.6 is 0 Å². The average molecular weight is 461 g/mol. The Morgan fingerprint density at radius 1 is 1.30 bits per heavy atom. The molecule has 33 heavy (non-hydrogen) atoms. The van der Waals surface area contributed by atoms with Gasteiger partial charge in [0.25, 0.3) is 0 Å². The smallest absolute Gasteiger partial charge is 0.305 e. The third-order valence-corrected chi connectivity index (χ3v) is 7.08. The molecule has 2 N–H and O–H groups in total. The molecule has 0 radical (unpaired) electrons. The molecular weight excluding hydrogens is 416 g/mol. The fraction of sp³-hybridized carbons (Fsp3) is 0.704. The molecule has 2 rings (SSSR count). The molecule has 186 valence electrons. The van der Waals surface area contributed by atoms with Crippen molar-refractivity contribution >= 4 is 11.9 Å². The van der Waals surface area contributed by atoms with Crippen LogP contribution in [0.3, 0.4) is 0 Å². The van der Waals surface area contributed by atoms with Crippen LogP contribution in [0.15, 0.2) is 24.3 Å². The molecule has 0 aromatic heterocycles. The standard InChI is InChI=1S/C27H44N2O4/c1-6-33-26(32)12-8-11-25(31)28-23(17-20(2)3)13-15-29-16-14-27(5,21(4)19-29)22-9-7-10-24(30)18-22/h7,9-10,18,20-21,23,30H,6,8,11-17,19H2,1-5H3,(H,28,31). The van der Waals surface area contributed by atoms with E-state index in [1.807, 2.05) is 12.1 Å². The number of phenolic OH excluding ortho intramolecular Hbond substituents is 1. The first-order valence-corrected chi connectivity index (χ1v) is 12.6. The third kappa shape index (κ3) is 8.65. The highest BCUT2D eigenvalue weighted by Crippen LogP contribution is 2.40. The van der Waals surface area contributed by atoms with Gasteiger partial charge in [0.1, 0.15) is 5.75 Å². The maximum atomic E-state index is 12.4. The van der Waals surface area contributed by atoms with Crippen molar-refractivity contribution in [2.75, 3.05) is 26.2 Å². The van der Waals surface area contributed by atoms with Crippen molar-refractivity contribution in [1.82, 2.24) is 10.2 Å². The molecule has 0 bridgehead atoms. The Labute approximate surface area is 200 Å². The number of phenols is 1. The molecule has 1 fully saturated rings. The summed E-state index contributed by atoms with van der Waals surface area (Å²) in [4.78, 5) is 26.4. The van der Waals surface area contributed by atoms with Crippen LogP contribution in [0, 0.1) is 11.8 Å². The summed E-state index contributed by atoms with van der Waals surface area (Å²) in [5.41, 5.74) is 1.27. The number of carbonyl (C=O) groups excluding carboxylic acids is 2. The van der Waals surface area contributed by atoms with Crippen LogP contribution in [0.25, 0.3) is 0 Å².